The molecule has 3 amide bonds. The van der Waals surface area contributed by atoms with Crippen molar-refractivity contribution < 1.29 is 14.4 Å². The summed E-state index contributed by atoms with van der Waals surface area (Å²) in [7, 11) is 0. The normalized spacial score (nSPS) is 24.2. The SMILES string of the molecule is CC1CCC2C(=O)N(c3ccc(C(=O)Nc4ccc(Br)cc4)cc3)C(=O)C2C1. The lowest BCUT2D eigenvalue weighted by atomic mass is 9.76. The summed E-state index contributed by atoms with van der Waals surface area (Å²) in [5.41, 5.74) is 1.70. The number of fused-ring (bicyclic) bond motifs is 1. The van der Waals surface area contributed by atoms with Gasteiger partial charge in [-0.3, -0.25) is 19.3 Å². The Morgan fingerprint density at radius 1 is 0.964 bits per heavy atom. The zero-order valence-electron chi connectivity index (χ0n) is 15.5. The smallest absolute Gasteiger partial charge is 0.255 e. The first-order chi connectivity index (χ1) is 13.4. The molecule has 1 saturated heterocycles. The van der Waals surface area contributed by atoms with E-state index in [-0.39, 0.29) is 29.6 Å². The second kappa shape index (κ2) is 7.51. The van der Waals surface area contributed by atoms with E-state index in [0.29, 0.717) is 22.9 Å². The molecule has 144 valence electrons. The lowest BCUT2D eigenvalue weighted by Gasteiger charge is -2.25. The number of anilines is 2. The Hall–Kier alpha value is -2.47. The Morgan fingerprint density at radius 3 is 2.29 bits per heavy atom. The number of nitrogens with one attached hydrogen (secondary N) is 1. The lowest BCUT2D eigenvalue weighted by Crippen LogP contribution is -2.30. The summed E-state index contributed by atoms with van der Waals surface area (Å²) in [6, 6.07) is 14.0. The van der Waals surface area contributed by atoms with Gasteiger partial charge in [0.25, 0.3) is 5.91 Å². The highest BCUT2D eigenvalue weighted by Crippen LogP contribution is 2.42. The lowest BCUT2D eigenvalue weighted by molar-refractivity contribution is -0.122. The van der Waals surface area contributed by atoms with E-state index in [1.807, 2.05) is 12.1 Å². The third-order valence-electron chi connectivity index (χ3n) is 5.68. The third-order valence-corrected chi connectivity index (χ3v) is 6.21. The Labute approximate surface area is 172 Å². The molecule has 1 aliphatic heterocycles. The van der Waals surface area contributed by atoms with Gasteiger partial charge in [0.1, 0.15) is 0 Å². The van der Waals surface area contributed by atoms with Gasteiger partial charge in [-0.1, -0.05) is 22.9 Å². The molecule has 1 heterocycles. The van der Waals surface area contributed by atoms with Gasteiger partial charge in [-0.05, 0) is 73.7 Å². The molecule has 2 fully saturated rings. The van der Waals surface area contributed by atoms with Crippen molar-refractivity contribution in [2.75, 3.05) is 10.2 Å². The van der Waals surface area contributed by atoms with Crippen LogP contribution in [-0.2, 0) is 9.59 Å². The van der Waals surface area contributed by atoms with E-state index < -0.39 is 0 Å². The number of halogens is 1. The molecule has 1 saturated carbocycles. The first-order valence-electron chi connectivity index (χ1n) is 9.49. The highest BCUT2D eigenvalue weighted by molar-refractivity contribution is 9.10. The summed E-state index contributed by atoms with van der Waals surface area (Å²) in [5, 5.41) is 2.83. The summed E-state index contributed by atoms with van der Waals surface area (Å²) in [5.74, 6) is -0.360. The quantitative estimate of drug-likeness (QED) is 0.707. The molecule has 5 nitrogen and oxygen atoms in total. The van der Waals surface area contributed by atoms with Crippen LogP contribution < -0.4 is 10.2 Å². The molecule has 0 radical (unpaired) electrons. The zero-order chi connectivity index (χ0) is 19.8. The molecule has 6 heteroatoms. The van der Waals surface area contributed by atoms with Crippen molar-refractivity contribution in [3.63, 3.8) is 0 Å². The van der Waals surface area contributed by atoms with Gasteiger partial charge in [0.2, 0.25) is 11.8 Å². The second-order valence-corrected chi connectivity index (χ2v) is 8.57. The Kier molecular flexibility index (Phi) is 5.06. The van der Waals surface area contributed by atoms with E-state index in [1.165, 1.54) is 4.90 Å². The Bertz CT molecular complexity index is 924. The first-order valence-corrected chi connectivity index (χ1v) is 10.3. The maximum absolute atomic E-state index is 12.8. The summed E-state index contributed by atoms with van der Waals surface area (Å²) < 4.78 is 0.935. The molecule has 0 aromatic heterocycles. The van der Waals surface area contributed by atoms with Gasteiger partial charge in [-0.15, -0.1) is 0 Å². The van der Waals surface area contributed by atoms with Crippen LogP contribution in [0.1, 0.15) is 36.5 Å². The topological polar surface area (TPSA) is 66.5 Å². The highest BCUT2D eigenvalue weighted by Gasteiger charge is 2.49. The number of rotatable bonds is 3. The molecule has 0 spiro atoms. The van der Waals surface area contributed by atoms with Gasteiger partial charge < -0.3 is 5.32 Å². The molecule has 2 aromatic carbocycles. The van der Waals surface area contributed by atoms with E-state index in [0.717, 1.165) is 23.7 Å². The predicted octanol–water partition coefficient (Wildman–Crippen LogP) is 4.63. The van der Waals surface area contributed by atoms with Crippen molar-refractivity contribution in [3.05, 3.63) is 58.6 Å². The van der Waals surface area contributed by atoms with Crippen molar-refractivity contribution >= 4 is 45.0 Å². The standard InChI is InChI=1S/C22H21BrN2O3/c1-13-2-11-18-19(12-13)22(28)25(21(18)27)17-9-3-14(4-10-17)20(26)24-16-7-5-15(23)6-8-16/h3-10,13,18-19H,2,11-12H2,1H3,(H,24,26). The number of carbonyl (C=O) groups excluding carboxylic acids is 3. The Balaban J connectivity index is 1.50. The van der Waals surface area contributed by atoms with E-state index in [2.05, 4.69) is 28.2 Å². The van der Waals surface area contributed by atoms with Crippen molar-refractivity contribution in [3.8, 4) is 0 Å². The van der Waals surface area contributed by atoms with Crippen LogP contribution >= 0.6 is 15.9 Å². The van der Waals surface area contributed by atoms with Crippen LogP contribution in [-0.4, -0.2) is 17.7 Å². The van der Waals surface area contributed by atoms with E-state index in [1.54, 1.807) is 36.4 Å². The molecule has 0 bridgehead atoms. The average Bonchev–Trinajstić information content (AvgIpc) is 2.93. The summed E-state index contributed by atoms with van der Waals surface area (Å²) in [6.07, 6.45) is 2.54. The minimum Gasteiger partial charge on any atom is -0.322 e. The molecule has 2 aliphatic rings. The number of imide groups is 1. The number of hydrogen-bond donors (Lipinski definition) is 1. The largest absolute Gasteiger partial charge is 0.322 e. The number of nitrogens with zero attached hydrogens (tertiary/aromatic N) is 1. The number of amides is 3. The Morgan fingerprint density at radius 2 is 1.61 bits per heavy atom. The van der Waals surface area contributed by atoms with Gasteiger partial charge in [-0.2, -0.15) is 0 Å². The zero-order valence-corrected chi connectivity index (χ0v) is 17.1. The maximum Gasteiger partial charge on any atom is 0.255 e. The monoisotopic (exact) mass is 440 g/mol. The number of hydrogen-bond acceptors (Lipinski definition) is 3. The third kappa shape index (κ3) is 3.49. The van der Waals surface area contributed by atoms with E-state index >= 15 is 0 Å². The molecule has 3 unspecified atom stereocenters. The summed E-state index contributed by atoms with van der Waals surface area (Å²) >= 11 is 3.36. The van der Waals surface area contributed by atoms with Crippen molar-refractivity contribution in [1.82, 2.24) is 0 Å². The van der Waals surface area contributed by atoms with Crippen LogP contribution in [0, 0.1) is 17.8 Å². The first kappa shape index (κ1) is 18.9. The van der Waals surface area contributed by atoms with Gasteiger partial charge in [0.15, 0.2) is 0 Å². The molecule has 1 aliphatic carbocycles. The van der Waals surface area contributed by atoms with Gasteiger partial charge >= 0.3 is 0 Å². The predicted molar refractivity (Wildman–Crippen MR) is 111 cm³/mol. The van der Waals surface area contributed by atoms with E-state index in [9.17, 15) is 14.4 Å². The highest BCUT2D eigenvalue weighted by atomic mass is 79.9. The molecule has 2 aromatic rings. The van der Waals surface area contributed by atoms with Crippen molar-refractivity contribution in [2.24, 2.45) is 17.8 Å². The molecular weight excluding hydrogens is 420 g/mol. The van der Waals surface area contributed by atoms with Crippen LogP contribution in [0.25, 0.3) is 0 Å². The molecular formula is C22H21BrN2O3. The fourth-order valence-electron chi connectivity index (χ4n) is 4.14. The van der Waals surface area contributed by atoms with Crippen LogP contribution in [0.5, 0.6) is 0 Å². The average molecular weight is 441 g/mol. The van der Waals surface area contributed by atoms with Crippen LogP contribution in [0.2, 0.25) is 0 Å². The van der Waals surface area contributed by atoms with Gasteiger partial charge in [0.05, 0.1) is 17.5 Å². The molecule has 3 atom stereocenters. The van der Waals surface area contributed by atoms with Gasteiger partial charge in [-0.25, -0.2) is 0 Å². The van der Waals surface area contributed by atoms with Crippen LogP contribution in [0.15, 0.2) is 53.0 Å². The molecule has 4 rings (SSSR count). The maximum atomic E-state index is 12.8. The van der Waals surface area contributed by atoms with Crippen molar-refractivity contribution in [2.45, 2.75) is 26.2 Å². The summed E-state index contributed by atoms with van der Waals surface area (Å²) in [4.78, 5) is 39.3. The fourth-order valence-corrected chi connectivity index (χ4v) is 4.41. The number of carbonyl (C=O) groups is 3. The molecule has 28 heavy (non-hydrogen) atoms. The molecule has 1 N–H and O–H groups in total. The fraction of sp³-hybridized carbons (Fsp3) is 0.318. The van der Waals surface area contributed by atoms with Crippen LogP contribution in [0.3, 0.4) is 0 Å². The summed E-state index contributed by atoms with van der Waals surface area (Å²) in [6.45, 7) is 2.13. The minimum atomic E-state index is -0.240. The van der Waals surface area contributed by atoms with E-state index in [4.69, 9.17) is 0 Å². The van der Waals surface area contributed by atoms with Crippen LogP contribution in [0.4, 0.5) is 11.4 Å². The minimum absolute atomic E-state index is 0.103. The van der Waals surface area contributed by atoms with Gasteiger partial charge in [0, 0.05) is 15.7 Å². The number of benzene rings is 2. The van der Waals surface area contributed by atoms with Crippen molar-refractivity contribution in [1.29, 1.82) is 0 Å². The second-order valence-electron chi connectivity index (χ2n) is 7.65.